The van der Waals surface area contributed by atoms with Gasteiger partial charge in [0.15, 0.2) is 5.89 Å². The van der Waals surface area contributed by atoms with Crippen LogP contribution in [0, 0.1) is 19.3 Å². The first-order valence-corrected chi connectivity index (χ1v) is 10.4. The molecule has 2 saturated heterocycles. The second-order valence-electron chi connectivity index (χ2n) is 8.41. The first-order valence-electron chi connectivity index (χ1n) is 10.4. The number of piperidine rings is 2. The van der Waals surface area contributed by atoms with Crippen LogP contribution in [0.3, 0.4) is 0 Å². The quantitative estimate of drug-likeness (QED) is 0.771. The zero-order valence-corrected chi connectivity index (χ0v) is 17.3. The van der Waals surface area contributed by atoms with Gasteiger partial charge in [-0.25, -0.2) is 9.97 Å². The molecule has 4 rings (SSSR count). The summed E-state index contributed by atoms with van der Waals surface area (Å²) in [6.07, 6.45) is 9.84. The van der Waals surface area contributed by atoms with E-state index in [4.69, 9.17) is 4.42 Å². The molecule has 2 aliphatic rings. The number of nitrogens with zero attached hydrogens (tertiary/aromatic N) is 5. The van der Waals surface area contributed by atoms with Crippen LogP contribution in [-0.2, 0) is 11.3 Å². The summed E-state index contributed by atoms with van der Waals surface area (Å²) in [5.74, 6) is 1.07. The first kappa shape index (κ1) is 19.7. The third-order valence-electron chi connectivity index (χ3n) is 6.36. The Hall–Kier alpha value is -2.64. The number of hydrogen-bond donors (Lipinski definition) is 0. The van der Waals surface area contributed by atoms with Gasteiger partial charge in [-0.15, -0.1) is 0 Å². The van der Waals surface area contributed by atoms with Crippen LogP contribution in [0.1, 0.15) is 54.2 Å². The molecular weight excluding hydrogens is 370 g/mol. The molecule has 0 bridgehead atoms. The Bertz CT molecular complexity index is 865. The summed E-state index contributed by atoms with van der Waals surface area (Å²) >= 11 is 0. The maximum atomic E-state index is 12.8. The van der Waals surface area contributed by atoms with Crippen LogP contribution in [0.2, 0.25) is 0 Å². The van der Waals surface area contributed by atoms with E-state index in [-0.39, 0.29) is 17.2 Å². The molecule has 0 atom stereocenters. The van der Waals surface area contributed by atoms with Gasteiger partial charge in [0.1, 0.15) is 0 Å². The average molecular weight is 399 g/mol. The number of amides is 2. The largest absolute Gasteiger partial charge is 0.436 e. The molecule has 2 amide bonds. The van der Waals surface area contributed by atoms with Gasteiger partial charge in [0.25, 0.3) is 5.91 Å². The third-order valence-corrected chi connectivity index (χ3v) is 6.36. The van der Waals surface area contributed by atoms with Crippen molar-refractivity contribution in [3.05, 3.63) is 36.1 Å². The van der Waals surface area contributed by atoms with Crippen molar-refractivity contribution in [2.24, 2.45) is 5.41 Å². The topological polar surface area (TPSA) is 84.5 Å². The van der Waals surface area contributed by atoms with Gasteiger partial charge in [-0.1, -0.05) is 0 Å². The summed E-state index contributed by atoms with van der Waals surface area (Å²) in [5, 5.41) is 0. The smallest absolute Gasteiger partial charge is 0.291 e. The monoisotopic (exact) mass is 399 g/mol. The number of carbonyl (C=O) groups is 2. The zero-order valence-electron chi connectivity index (χ0n) is 17.3. The molecular formula is C21H29N5O3. The summed E-state index contributed by atoms with van der Waals surface area (Å²) in [5.41, 5.74) is 0.784. The second-order valence-corrected chi connectivity index (χ2v) is 8.41. The predicted molar refractivity (Wildman–Crippen MR) is 106 cm³/mol. The maximum Gasteiger partial charge on any atom is 0.291 e. The predicted octanol–water partition coefficient (Wildman–Crippen LogP) is 2.42. The molecule has 0 radical (unpaired) electrons. The van der Waals surface area contributed by atoms with Crippen LogP contribution in [0.4, 0.5) is 0 Å². The van der Waals surface area contributed by atoms with Crippen molar-refractivity contribution in [2.45, 2.75) is 52.5 Å². The Balaban J connectivity index is 1.32. The fourth-order valence-corrected chi connectivity index (χ4v) is 4.63. The molecule has 4 heterocycles. The molecule has 1 spiro atoms. The van der Waals surface area contributed by atoms with Crippen LogP contribution < -0.4 is 0 Å². The number of likely N-dealkylation sites (tertiary alicyclic amines) is 2. The van der Waals surface area contributed by atoms with Crippen LogP contribution in [0.15, 0.2) is 23.1 Å². The lowest BCUT2D eigenvalue weighted by Crippen LogP contribution is -2.52. The van der Waals surface area contributed by atoms with Crippen LogP contribution in [-0.4, -0.2) is 62.3 Å². The van der Waals surface area contributed by atoms with E-state index in [2.05, 4.69) is 9.97 Å². The van der Waals surface area contributed by atoms with Gasteiger partial charge < -0.3 is 18.8 Å². The highest BCUT2D eigenvalue weighted by Gasteiger charge is 2.42. The van der Waals surface area contributed by atoms with Crippen molar-refractivity contribution < 1.29 is 14.0 Å². The highest BCUT2D eigenvalue weighted by molar-refractivity contribution is 5.92. The van der Waals surface area contributed by atoms with Crippen LogP contribution in [0.25, 0.3) is 0 Å². The molecule has 156 valence electrons. The molecule has 0 aliphatic carbocycles. The van der Waals surface area contributed by atoms with Gasteiger partial charge in [0.05, 0.1) is 12.0 Å². The molecule has 0 aromatic carbocycles. The van der Waals surface area contributed by atoms with Crippen molar-refractivity contribution in [1.29, 1.82) is 0 Å². The normalized spacial score (nSPS) is 19.2. The third kappa shape index (κ3) is 4.21. The SMILES string of the molecule is Cc1nc(C)c(C(=O)N2CCC3(CCC(=O)N(CCCn4ccnc4)C3)CC2)o1. The van der Waals surface area contributed by atoms with E-state index in [9.17, 15) is 9.59 Å². The lowest BCUT2D eigenvalue weighted by molar-refractivity contribution is -0.139. The maximum absolute atomic E-state index is 12.8. The van der Waals surface area contributed by atoms with E-state index >= 15 is 0 Å². The molecule has 0 unspecified atom stereocenters. The Labute approximate surface area is 170 Å². The minimum Gasteiger partial charge on any atom is -0.436 e. The van der Waals surface area contributed by atoms with E-state index in [1.54, 1.807) is 13.1 Å². The number of aromatic nitrogens is 3. The Morgan fingerprint density at radius 1 is 1.21 bits per heavy atom. The molecule has 0 N–H and O–H groups in total. The number of imidazole rings is 1. The molecule has 0 saturated carbocycles. The van der Waals surface area contributed by atoms with Crippen LogP contribution >= 0.6 is 0 Å². The molecule has 2 aromatic rings. The summed E-state index contributed by atoms with van der Waals surface area (Å²) in [4.78, 5) is 37.4. The number of hydrogen-bond acceptors (Lipinski definition) is 5. The molecule has 2 fully saturated rings. The zero-order chi connectivity index (χ0) is 20.4. The van der Waals surface area contributed by atoms with Gasteiger partial charge in [0, 0.05) is 58.5 Å². The number of carbonyl (C=O) groups excluding carboxylic acids is 2. The van der Waals surface area contributed by atoms with Gasteiger partial charge in [-0.05, 0) is 38.0 Å². The van der Waals surface area contributed by atoms with E-state index in [0.29, 0.717) is 36.9 Å². The van der Waals surface area contributed by atoms with Crippen molar-refractivity contribution in [3.8, 4) is 0 Å². The standard InChI is InChI=1S/C21H29N5O3/c1-16-19(29-17(2)23-16)20(28)25-11-6-21(7-12-25)5-4-18(27)26(14-21)10-3-9-24-13-8-22-15-24/h8,13,15H,3-7,9-12,14H2,1-2H3. The molecule has 29 heavy (non-hydrogen) atoms. The number of oxazole rings is 1. The highest BCUT2D eigenvalue weighted by atomic mass is 16.4. The second kappa shape index (κ2) is 8.00. The Kier molecular flexibility index (Phi) is 5.43. The number of rotatable bonds is 5. The Morgan fingerprint density at radius 2 is 2.00 bits per heavy atom. The summed E-state index contributed by atoms with van der Waals surface area (Å²) in [6, 6.07) is 0. The van der Waals surface area contributed by atoms with E-state index in [0.717, 1.165) is 45.3 Å². The average Bonchev–Trinajstić information content (AvgIpc) is 3.34. The lowest BCUT2D eigenvalue weighted by atomic mass is 9.72. The highest BCUT2D eigenvalue weighted by Crippen LogP contribution is 2.40. The molecule has 2 aromatic heterocycles. The van der Waals surface area contributed by atoms with E-state index in [1.807, 2.05) is 33.8 Å². The molecule has 2 aliphatic heterocycles. The van der Waals surface area contributed by atoms with Crippen molar-refractivity contribution in [3.63, 3.8) is 0 Å². The molecule has 8 heteroatoms. The van der Waals surface area contributed by atoms with E-state index < -0.39 is 0 Å². The summed E-state index contributed by atoms with van der Waals surface area (Å²) < 4.78 is 7.55. The van der Waals surface area contributed by atoms with E-state index in [1.165, 1.54) is 0 Å². The molecule has 8 nitrogen and oxygen atoms in total. The van der Waals surface area contributed by atoms with Gasteiger partial charge in [-0.3, -0.25) is 9.59 Å². The lowest BCUT2D eigenvalue weighted by Gasteiger charge is -2.47. The fraction of sp³-hybridized carbons (Fsp3) is 0.619. The summed E-state index contributed by atoms with van der Waals surface area (Å²) in [7, 11) is 0. The minimum atomic E-state index is -0.0676. The van der Waals surface area contributed by atoms with Crippen LogP contribution in [0.5, 0.6) is 0 Å². The first-order chi connectivity index (χ1) is 14.0. The van der Waals surface area contributed by atoms with Crippen molar-refractivity contribution in [2.75, 3.05) is 26.2 Å². The number of aryl methyl sites for hydroxylation is 3. The van der Waals surface area contributed by atoms with Gasteiger partial charge >= 0.3 is 0 Å². The van der Waals surface area contributed by atoms with Crippen molar-refractivity contribution in [1.82, 2.24) is 24.3 Å². The van der Waals surface area contributed by atoms with Crippen molar-refractivity contribution >= 4 is 11.8 Å². The Morgan fingerprint density at radius 3 is 2.66 bits per heavy atom. The van der Waals surface area contributed by atoms with Gasteiger partial charge in [0.2, 0.25) is 11.7 Å². The fourth-order valence-electron chi connectivity index (χ4n) is 4.63. The summed E-state index contributed by atoms with van der Waals surface area (Å²) in [6.45, 7) is 7.42. The van der Waals surface area contributed by atoms with Gasteiger partial charge in [-0.2, -0.15) is 0 Å². The minimum absolute atomic E-state index is 0.0676.